The van der Waals surface area contributed by atoms with E-state index in [1.165, 1.54) is 6.42 Å². The molecule has 0 atom stereocenters. The van der Waals surface area contributed by atoms with Crippen LogP contribution in [0.15, 0.2) is 42.0 Å². The standard InChI is InChI=1S/C16H15NS/c1(3-5-10-16-11-9-15-18-16)2-4-6-12-17-13-7-8-14-17/h7-9,11,13-15H,2,4,6,12H2. The van der Waals surface area contributed by atoms with Gasteiger partial charge >= 0.3 is 0 Å². The predicted octanol–water partition coefficient (Wildman–Crippen LogP) is 3.78. The zero-order chi connectivity index (χ0) is 12.5. The van der Waals surface area contributed by atoms with Crippen molar-refractivity contribution >= 4 is 11.3 Å². The fourth-order valence-electron chi connectivity index (χ4n) is 1.58. The molecule has 2 rings (SSSR count). The van der Waals surface area contributed by atoms with E-state index in [4.69, 9.17) is 0 Å². The van der Waals surface area contributed by atoms with Crippen molar-refractivity contribution in [2.45, 2.75) is 25.8 Å². The topological polar surface area (TPSA) is 4.93 Å². The lowest BCUT2D eigenvalue weighted by molar-refractivity contribution is 0.620. The van der Waals surface area contributed by atoms with Crippen molar-refractivity contribution < 1.29 is 0 Å². The third-order valence-electron chi connectivity index (χ3n) is 2.49. The number of rotatable bonds is 4. The first kappa shape index (κ1) is 12.6. The molecule has 0 amide bonds. The van der Waals surface area contributed by atoms with Crippen LogP contribution in [0.1, 0.15) is 24.1 Å². The maximum Gasteiger partial charge on any atom is 0.0778 e. The van der Waals surface area contributed by atoms with Gasteiger partial charge in [0.15, 0.2) is 0 Å². The normalized spacial score (nSPS) is 9.11. The zero-order valence-corrected chi connectivity index (χ0v) is 11.0. The molecule has 2 heterocycles. The molecule has 0 saturated heterocycles. The number of hydrogen-bond acceptors (Lipinski definition) is 1. The predicted molar refractivity (Wildman–Crippen MR) is 77.3 cm³/mol. The summed E-state index contributed by atoms with van der Waals surface area (Å²) in [6, 6.07) is 8.12. The Bertz CT molecular complexity index is 556. The first-order valence-electron chi connectivity index (χ1n) is 6.08. The third-order valence-corrected chi connectivity index (χ3v) is 3.28. The van der Waals surface area contributed by atoms with Crippen LogP contribution in [0.3, 0.4) is 0 Å². The fourth-order valence-corrected chi connectivity index (χ4v) is 2.15. The van der Waals surface area contributed by atoms with Crippen LogP contribution in [0.4, 0.5) is 0 Å². The Morgan fingerprint density at radius 2 is 1.94 bits per heavy atom. The summed E-state index contributed by atoms with van der Waals surface area (Å²) >= 11 is 1.65. The molecule has 2 aromatic rings. The highest BCUT2D eigenvalue weighted by Gasteiger charge is 1.88. The smallest absolute Gasteiger partial charge is 0.0778 e. The van der Waals surface area contributed by atoms with Gasteiger partial charge in [0.2, 0.25) is 0 Å². The van der Waals surface area contributed by atoms with Crippen LogP contribution < -0.4 is 0 Å². The van der Waals surface area contributed by atoms with E-state index in [2.05, 4.69) is 52.8 Å². The molecule has 1 nitrogen and oxygen atoms in total. The Morgan fingerprint density at radius 1 is 1.06 bits per heavy atom. The highest BCUT2D eigenvalue weighted by molar-refractivity contribution is 7.10. The summed E-state index contributed by atoms with van der Waals surface area (Å²) in [6.45, 7) is 1.08. The number of aryl methyl sites for hydroxylation is 1. The molecule has 90 valence electrons. The second kappa shape index (κ2) is 7.43. The molecule has 0 radical (unpaired) electrons. The summed E-state index contributed by atoms with van der Waals surface area (Å²) in [5.74, 6) is 11.9. The van der Waals surface area contributed by atoms with Gasteiger partial charge in [-0.3, -0.25) is 0 Å². The van der Waals surface area contributed by atoms with Gasteiger partial charge in [-0.25, -0.2) is 0 Å². The Morgan fingerprint density at radius 3 is 2.72 bits per heavy atom. The van der Waals surface area contributed by atoms with E-state index in [1.807, 2.05) is 17.5 Å². The van der Waals surface area contributed by atoms with Gasteiger partial charge in [0, 0.05) is 25.4 Å². The lowest BCUT2D eigenvalue weighted by Crippen LogP contribution is -1.92. The van der Waals surface area contributed by atoms with Crippen LogP contribution in [0.2, 0.25) is 0 Å². The molecule has 18 heavy (non-hydrogen) atoms. The van der Waals surface area contributed by atoms with Crippen molar-refractivity contribution in [2.24, 2.45) is 0 Å². The second-order valence-corrected chi connectivity index (χ2v) is 4.85. The summed E-state index contributed by atoms with van der Waals surface area (Å²) in [7, 11) is 0. The van der Waals surface area contributed by atoms with Crippen molar-refractivity contribution in [3.63, 3.8) is 0 Å². The van der Waals surface area contributed by atoms with Crippen LogP contribution in [-0.2, 0) is 6.54 Å². The number of nitrogens with zero attached hydrogens (tertiary/aromatic N) is 1. The Balaban J connectivity index is 1.61. The van der Waals surface area contributed by atoms with E-state index in [0.29, 0.717) is 0 Å². The molecule has 0 aliphatic heterocycles. The summed E-state index contributed by atoms with van der Waals surface area (Å²) < 4.78 is 2.20. The van der Waals surface area contributed by atoms with Crippen LogP contribution in [0, 0.1) is 23.7 Å². The van der Waals surface area contributed by atoms with E-state index in [0.717, 1.165) is 24.3 Å². The van der Waals surface area contributed by atoms with Crippen LogP contribution in [0.5, 0.6) is 0 Å². The van der Waals surface area contributed by atoms with Gasteiger partial charge in [-0.05, 0) is 54.2 Å². The summed E-state index contributed by atoms with van der Waals surface area (Å²) in [6.07, 6.45) is 7.42. The summed E-state index contributed by atoms with van der Waals surface area (Å²) in [5, 5.41) is 2.03. The average Bonchev–Trinajstić information content (AvgIpc) is 3.05. The maximum absolute atomic E-state index is 3.10. The number of aromatic nitrogens is 1. The molecule has 2 heteroatoms. The molecule has 0 unspecified atom stereocenters. The van der Waals surface area contributed by atoms with Crippen LogP contribution in [0.25, 0.3) is 0 Å². The molecule has 0 spiro atoms. The molecule has 0 aromatic carbocycles. The quantitative estimate of drug-likeness (QED) is 0.577. The monoisotopic (exact) mass is 253 g/mol. The van der Waals surface area contributed by atoms with E-state index in [-0.39, 0.29) is 0 Å². The maximum atomic E-state index is 3.10. The Labute approximate surface area is 112 Å². The molecular weight excluding hydrogens is 238 g/mol. The lowest BCUT2D eigenvalue weighted by atomic mass is 10.2. The first-order chi connectivity index (χ1) is 8.95. The molecule has 0 bridgehead atoms. The van der Waals surface area contributed by atoms with E-state index < -0.39 is 0 Å². The Hall–Kier alpha value is -1.90. The molecule has 0 aliphatic carbocycles. The molecule has 0 fully saturated rings. The number of unbranched alkanes of at least 4 members (excludes halogenated alkanes) is 2. The van der Waals surface area contributed by atoms with Crippen LogP contribution in [-0.4, -0.2) is 4.57 Å². The van der Waals surface area contributed by atoms with Crippen LogP contribution >= 0.6 is 11.3 Å². The van der Waals surface area contributed by atoms with Gasteiger partial charge in [-0.15, -0.1) is 11.3 Å². The van der Waals surface area contributed by atoms with Gasteiger partial charge in [-0.2, -0.15) is 0 Å². The molecule has 0 N–H and O–H groups in total. The van der Waals surface area contributed by atoms with E-state index >= 15 is 0 Å². The highest BCUT2D eigenvalue weighted by atomic mass is 32.1. The molecule has 0 aliphatic rings. The van der Waals surface area contributed by atoms with E-state index in [1.54, 1.807) is 11.3 Å². The summed E-state index contributed by atoms with van der Waals surface area (Å²) in [5.41, 5.74) is 0. The minimum atomic E-state index is 0.931. The number of hydrogen-bond donors (Lipinski definition) is 0. The second-order valence-electron chi connectivity index (χ2n) is 3.91. The SMILES string of the molecule is C(C#Cc1cccs1)#CCCCCn1cccc1. The van der Waals surface area contributed by atoms with Gasteiger partial charge in [0.05, 0.1) is 4.88 Å². The summed E-state index contributed by atoms with van der Waals surface area (Å²) in [4.78, 5) is 1.08. The molecular formula is C16H15NS. The van der Waals surface area contributed by atoms with Crippen molar-refractivity contribution in [3.05, 3.63) is 46.9 Å². The minimum Gasteiger partial charge on any atom is -0.354 e. The van der Waals surface area contributed by atoms with Gasteiger partial charge in [0.25, 0.3) is 0 Å². The molecule has 0 saturated carbocycles. The highest BCUT2D eigenvalue weighted by Crippen LogP contribution is 2.05. The van der Waals surface area contributed by atoms with Gasteiger partial charge in [0.1, 0.15) is 0 Å². The van der Waals surface area contributed by atoms with Crippen molar-refractivity contribution in [2.75, 3.05) is 0 Å². The van der Waals surface area contributed by atoms with Gasteiger partial charge < -0.3 is 4.57 Å². The minimum absolute atomic E-state index is 0.931. The van der Waals surface area contributed by atoms with E-state index in [9.17, 15) is 0 Å². The van der Waals surface area contributed by atoms with Crippen molar-refractivity contribution in [1.29, 1.82) is 0 Å². The largest absolute Gasteiger partial charge is 0.354 e. The third kappa shape index (κ3) is 4.53. The van der Waals surface area contributed by atoms with Crippen molar-refractivity contribution in [3.8, 4) is 23.7 Å². The lowest BCUT2D eigenvalue weighted by Gasteiger charge is -1.99. The van der Waals surface area contributed by atoms with Gasteiger partial charge in [-0.1, -0.05) is 12.0 Å². The Kier molecular flexibility index (Phi) is 5.18. The zero-order valence-electron chi connectivity index (χ0n) is 10.2. The molecule has 2 aromatic heterocycles. The fraction of sp³-hybridized carbons (Fsp3) is 0.250. The first-order valence-corrected chi connectivity index (χ1v) is 6.96. The average molecular weight is 253 g/mol. The number of thiophene rings is 1. The van der Waals surface area contributed by atoms with Crippen molar-refractivity contribution in [1.82, 2.24) is 4.57 Å².